The minimum atomic E-state index is -2.01. The summed E-state index contributed by atoms with van der Waals surface area (Å²) in [6, 6.07) is -1.49. The van der Waals surface area contributed by atoms with Gasteiger partial charge in [0.2, 0.25) is 11.8 Å². The second-order valence-corrected chi connectivity index (χ2v) is 27.6. The van der Waals surface area contributed by atoms with Gasteiger partial charge in [-0.15, -0.1) is 0 Å². The number of aliphatic hydroxyl groups excluding tert-OH is 4. The normalized spacial score (nSPS) is 48.8. The summed E-state index contributed by atoms with van der Waals surface area (Å²) in [5.74, 6) is -5.18. The molecule has 7 N–H and O–H groups in total. The quantitative estimate of drug-likeness (QED) is 0.0776. The maximum atomic E-state index is 17.9. The molecule has 2 unspecified atom stereocenters. The maximum Gasteiger partial charge on any atom is 0.311 e. The Hall–Kier alpha value is -2.99. The number of nitrogens with zero attached hydrogens (tertiary/aromatic N) is 2. The topological polar surface area (TPSA) is 264 Å². The number of ether oxygens (including phenoxy) is 6. The molecule has 3 aliphatic heterocycles. The van der Waals surface area contributed by atoms with Crippen LogP contribution < -0.4 is 5.32 Å². The van der Waals surface area contributed by atoms with Crippen molar-refractivity contribution in [2.45, 2.75) is 257 Å². The number of methoxy groups -OCH3 is 1. The lowest BCUT2D eigenvalue weighted by molar-refractivity contribution is -0.317. The first kappa shape index (κ1) is 66.5. The first-order chi connectivity index (χ1) is 38.0. The molecule has 0 aromatic rings. The van der Waals surface area contributed by atoms with Crippen LogP contribution in [0.25, 0.3) is 0 Å². The number of rotatable bonds is 12. The Bertz CT molecular complexity index is 2360. The third-order valence-electron chi connectivity index (χ3n) is 21.5. The molecule has 3 heterocycles. The van der Waals surface area contributed by atoms with Crippen LogP contribution in [0.2, 0.25) is 0 Å². The summed E-state index contributed by atoms with van der Waals surface area (Å²) < 4.78 is 56.1. The molecule has 3 saturated heterocycles. The Balaban J connectivity index is 1.16. The van der Waals surface area contributed by atoms with Gasteiger partial charge >= 0.3 is 5.97 Å². The van der Waals surface area contributed by atoms with Gasteiger partial charge in [0.25, 0.3) is 0 Å². The molecule has 7 aliphatic rings. The van der Waals surface area contributed by atoms with Gasteiger partial charge in [-0.1, -0.05) is 52.3 Å². The molecule has 19 nitrogen and oxygen atoms in total. The zero-order valence-electron chi connectivity index (χ0n) is 51.8. The lowest BCUT2D eigenvalue weighted by Gasteiger charge is -2.61. The van der Waals surface area contributed by atoms with Crippen molar-refractivity contribution in [1.82, 2.24) is 15.1 Å². The van der Waals surface area contributed by atoms with E-state index in [2.05, 4.69) is 5.32 Å². The van der Waals surface area contributed by atoms with E-state index in [9.17, 15) is 49.8 Å². The lowest BCUT2D eigenvalue weighted by atomic mass is 9.46. The van der Waals surface area contributed by atoms with E-state index in [-0.39, 0.29) is 80.5 Å². The maximum absolute atomic E-state index is 17.9. The Labute approximate surface area is 486 Å². The fourth-order valence-corrected chi connectivity index (χ4v) is 16.6. The summed E-state index contributed by atoms with van der Waals surface area (Å²) in [5, 5.41) is 76.0. The first-order valence-electron chi connectivity index (χ1n) is 30.4. The summed E-state index contributed by atoms with van der Waals surface area (Å²) in [4.78, 5) is 57.9. The lowest BCUT2D eigenvalue weighted by Crippen LogP contribution is -2.66. The average Bonchev–Trinajstić information content (AvgIpc) is 1.85. The van der Waals surface area contributed by atoms with Crippen LogP contribution in [0.15, 0.2) is 23.8 Å². The van der Waals surface area contributed by atoms with Gasteiger partial charge < -0.3 is 69.3 Å². The number of likely N-dealkylation sites (N-methyl/N-ethyl adjacent to an activating group) is 1. The van der Waals surface area contributed by atoms with Crippen molar-refractivity contribution in [3.63, 3.8) is 0 Å². The van der Waals surface area contributed by atoms with E-state index < -0.39 is 143 Å². The fraction of sp³-hybridized carbons (Fsp3) is 0.871. The van der Waals surface area contributed by atoms with E-state index in [1.165, 1.54) is 31.9 Å². The minimum Gasteiger partial charge on any atom is -0.459 e. The number of alkyl halides is 1. The van der Waals surface area contributed by atoms with Crippen LogP contribution in [-0.2, 0) is 47.6 Å². The minimum absolute atomic E-state index is 0.0446. The highest BCUT2D eigenvalue weighted by Crippen LogP contribution is 2.69. The van der Waals surface area contributed by atoms with Gasteiger partial charge in [0.15, 0.2) is 24.0 Å². The van der Waals surface area contributed by atoms with Crippen molar-refractivity contribution < 1.29 is 82.6 Å². The molecule has 4 aliphatic carbocycles. The number of carbonyl (C=O) groups excluding carboxylic acids is 4. The molecule has 5 fully saturated rings. The van der Waals surface area contributed by atoms with Crippen molar-refractivity contribution in [3.05, 3.63) is 23.8 Å². The van der Waals surface area contributed by atoms with E-state index >= 15 is 4.39 Å². The Morgan fingerprint density at radius 3 is 2.22 bits per heavy atom. The summed E-state index contributed by atoms with van der Waals surface area (Å²) >= 11 is 0. The van der Waals surface area contributed by atoms with Gasteiger partial charge in [0, 0.05) is 82.8 Å². The molecule has 468 valence electrons. The highest BCUT2D eigenvalue weighted by Gasteiger charge is 2.71. The summed E-state index contributed by atoms with van der Waals surface area (Å²) in [6.45, 7) is 25.1. The van der Waals surface area contributed by atoms with Crippen molar-refractivity contribution in [2.24, 2.45) is 52.3 Å². The van der Waals surface area contributed by atoms with Crippen LogP contribution in [0.1, 0.15) is 155 Å². The number of ketones is 1. The largest absolute Gasteiger partial charge is 0.459 e. The Morgan fingerprint density at radius 1 is 0.915 bits per heavy atom. The molecule has 26 atom stereocenters. The number of esters is 1. The molecule has 0 spiro atoms. The van der Waals surface area contributed by atoms with Crippen LogP contribution in [0, 0.1) is 52.3 Å². The van der Waals surface area contributed by atoms with Crippen LogP contribution in [0.5, 0.6) is 0 Å². The molecule has 2 saturated carbocycles. The number of carbonyl (C=O) groups is 4. The molecule has 0 aromatic carbocycles. The fourth-order valence-electron chi connectivity index (χ4n) is 16.6. The standard InChI is InChI=1S/C62H102FN3O16/c1-17-46-61(14,76)51(71)37(7)66(24-18-23-64-54(73)48-33(3)25-43-42-20-19-40-27-41(68)21-22-58(40,11)62(42,63)45(69)29-57(43,48)10)31-32(2)28-59(12,75)53(82-56-49(70)44(26-34(4)78-56)65(15)39(9)67)35(5)50(36(6)55(74)80-46)81-47-30-60(13,77-16)52(72)38(8)79-47/h19,21-22,32-38,42-53,56,69-72,75-76H,17-18,20,23-31H2,1-16H3,(H,64,73)/t32-,33-,34-,35+,36-,37-,38+,42?,43?,44+,45+,46-,47+,48-,49-,50+,51-,52+,53-,56+,57+,58+,59-,60-,61-,62+/m1/s1. The van der Waals surface area contributed by atoms with Gasteiger partial charge in [0.05, 0.1) is 53.7 Å². The predicted octanol–water partition coefficient (Wildman–Crippen LogP) is 4.93. The van der Waals surface area contributed by atoms with Crippen molar-refractivity contribution >= 4 is 23.6 Å². The zero-order chi connectivity index (χ0) is 61.1. The third-order valence-corrected chi connectivity index (χ3v) is 21.5. The highest BCUT2D eigenvalue weighted by molar-refractivity contribution is 5.93. The Morgan fingerprint density at radius 2 is 1.59 bits per heavy atom. The van der Waals surface area contributed by atoms with Crippen LogP contribution in [-0.4, -0.2) is 200 Å². The van der Waals surface area contributed by atoms with Crippen molar-refractivity contribution in [2.75, 3.05) is 33.8 Å². The number of amides is 2. The molecule has 20 heteroatoms. The van der Waals surface area contributed by atoms with Gasteiger partial charge in [-0.2, -0.15) is 0 Å². The monoisotopic (exact) mass is 1160 g/mol. The second-order valence-electron chi connectivity index (χ2n) is 27.6. The third kappa shape index (κ3) is 12.3. The number of cyclic esters (lactones) is 1. The number of nitrogens with one attached hydrogen (secondary N) is 1. The van der Waals surface area contributed by atoms with E-state index in [0.29, 0.717) is 37.8 Å². The molecular weight excluding hydrogens is 1060 g/mol. The summed E-state index contributed by atoms with van der Waals surface area (Å²) in [7, 11) is 3.07. The molecular formula is C62H102FN3O16. The van der Waals surface area contributed by atoms with Crippen LogP contribution >= 0.6 is 0 Å². The summed E-state index contributed by atoms with van der Waals surface area (Å²) in [6.07, 6.45) is -5.42. The van der Waals surface area contributed by atoms with Crippen LogP contribution in [0.4, 0.5) is 4.39 Å². The SMILES string of the molecule is CC[C@H]1OC(=O)[C@H](C)[C@@H](O[C@H]2C[C@@](C)(OC)[C@@H](O)[C@H](C)O2)[C@H](C)[C@@H](O[C@@H]2O[C@H](C)C[C@H](N(C)C(C)=O)[C@H]2O)[C@](C)(O)C[C@@H](C)CN(CCCNC(=O)[C@H]2[C@H](C)CC3C4CC=C5CC(=O)C=C[C@]5(C)[C@@]4(F)[C@@H](O)C[C@@]32C)[C@H](C)[C@@H](O)[C@]1(C)O. The smallest absolute Gasteiger partial charge is 0.311 e. The molecule has 2 amide bonds. The number of fused-ring (bicyclic) bond motifs is 5. The molecule has 7 rings (SSSR count). The zero-order valence-corrected chi connectivity index (χ0v) is 51.8. The Kier molecular flexibility index (Phi) is 20.3. The predicted molar refractivity (Wildman–Crippen MR) is 302 cm³/mol. The molecule has 0 bridgehead atoms. The average molecular weight is 1160 g/mol. The van der Waals surface area contributed by atoms with Crippen molar-refractivity contribution in [1.29, 1.82) is 0 Å². The molecule has 0 aromatic heterocycles. The van der Waals surface area contributed by atoms with E-state index in [0.717, 1.165) is 0 Å². The number of halogens is 1. The first-order valence-corrected chi connectivity index (χ1v) is 30.4. The van der Waals surface area contributed by atoms with Crippen molar-refractivity contribution in [3.8, 4) is 0 Å². The van der Waals surface area contributed by atoms with Gasteiger partial charge in [-0.25, -0.2) is 4.39 Å². The van der Waals surface area contributed by atoms with E-state index in [1.807, 2.05) is 31.7 Å². The van der Waals surface area contributed by atoms with E-state index in [1.54, 1.807) is 75.4 Å². The number of aliphatic hydroxyl groups is 6. The number of hydrogen-bond acceptors (Lipinski definition) is 17. The van der Waals surface area contributed by atoms with Gasteiger partial charge in [-0.3, -0.25) is 24.1 Å². The van der Waals surface area contributed by atoms with E-state index in [4.69, 9.17) is 28.4 Å². The molecule has 82 heavy (non-hydrogen) atoms. The summed E-state index contributed by atoms with van der Waals surface area (Å²) in [5.41, 5.74) is -8.06. The number of hydrogen-bond donors (Lipinski definition) is 7. The number of allylic oxidation sites excluding steroid dienone is 4. The highest BCUT2D eigenvalue weighted by atomic mass is 19.1. The van der Waals surface area contributed by atoms with Crippen LogP contribution in [0.3, 0.4) is 0 Å². The molecule has 0 radical (unpaired) electrons. The second kappa shape index (κ2) is 25.0. The van der Waals surface area contributed by atoms with Gasteiger partial charge in [0.1, 0.15) is 30.0 Å². The van der Waals surface area contributed by atoms with Gasteiger partial charge in [-0.05, 0) is 130 Å².